The molecule has 1 saturated heterocycles. The maximum Gasteiger partial charge on any atom is 0.253 e. The van der Waals surface area contributed by atoms with Crippen LogP contribution in [-0.2, 0) is 11.2 Å². The van der Waals surface area contributed by atoms with Crippen molar-refractivity contribution in [1.82, 2.24) is 14.8 Å². The van der Waals surface area contributed by atoms with Crippen LogP contribution in [0.1, 0.15) is 29.3 Å². The van der Waals surface area contributed by atoms with E-state index in [4.69, 9.17) is 0 Å². The van der Waals surface area contributed by atoms with Gasteiger partial charge in [0, 0.05) is 49.7 Å². The Hall–Kier alpha value is -3.67. The molecule has 0 aliphatic carbocycles. The van der Waals surface area contributed by atoms with E-state index >= 15 is 0 Å². The molecule has 4 rings (SSSR count). The van der Waals surface area contributed by atoms with Gasteiger partial charge in [-0.25, -0.2) is 0 Å². The second-order valence-electron chi connectivity index (χ2n) is 8.42. The number of phenolic OH excluding ortho intramolecular Hbond substituents is 1. The molecule has 1 unspecified atom stereocenters. The quantitative estimate of drug-likeness (QED) is 0.625. The number of amides is 2. The van der Waals surface area contributed by atoms with Gasteiger partial charge < -0.3 is 14.9 Å². The number of hydrogen-bond donors (Lipinski definition) is 1. The van der Waals surface area contributed by atoms with Gasteiger partial charge in [0.05, 0.1) is 5.92 Å². The molecule has 1 N–H and O–H groups in total. The number of aromatic hydroxyl groups is 1. The molecule has 2 aromatic carbocycles. The first-order chi connectivity index (χ1) is 16.1. The molecule has 0 spiro atoms. The van der Waals surface area contributed by atoms with Crippen molar-refractivity contribution < 1.29 is 14.7 Å². The molecule has 2 heterocycles. The lowest BCUT2D eigenvalue weighted by atomic mass is 9.91. The van der Waals surface area contributed by atoms with Crippen molar-refractivity contribution in [1.29, 1.82) is 0 Å². The first-order valence-electron chi connectivity index (χ1n) is 11.4. The molecule has 1 atom stereocenters. The Labute approximate surface area is 194 Å². The summed E-state index contributed by atoms with van der Waals surface area (Å²) in [7, 11) is 0. The van der Waals surface area contributed by atoms with E-state index in [-0.39, 0.29) is 23.5 Å². The van der Waals surface area contributed by atoms with E-state index in [1.807, 2.05) is 35.4 Å². The lowest BCUT2D eigenvalue weighted by molar-refractivity contribution is -0.134. The van der Waals surface area contributed by atoms with Crippen molar-refractivity contribution in [2.24, 2.45) is 5.92 Å². The maximum atomic E-state index is 13.5. The van der Waals surface area contributed by atoms with Crippen LogP contribution in [-0.4, -0.2) is 57.9 Å². The minimum absolute atomic E-state index is 0.0962. The molecule has 0 bridgehead atoms. The predicted octanol–water partition coefficient (Wildman–Crippen LogP) is 4.01. The minimum atomic E-state index is -0.335. The lowest BCUT2D eigenvalue weighted by Crippen LogP contribution is -2.38. The van der Waals surface area contributed by atoms with Gasteiger partial charge in [0.25, 0.3) is 5.91 Å². The third-order valence-electron chi connectivity index (χ3n) is 6.09. The van der Waals surface area contributed by atoms with Gasteiger partial charge in [0.2, 0.25) is 5.91 Å². The zero-order valence-electron chi connectivity index (χ0n) is 18.9. The van der Waals surface area contributed by atoms with Crippen molar-refractivity contribution >= 4 is 11.8 Å². The number of pyridine rings is 1. The number of carbonyl (C=O) groups excluding carboxylic acids is 2. The maximum absolute atomic E-state index is 13.5. The van der Waals surface area contributed by atoms with E-state index in [9.17, 15) is 14.7 Å². The summed E-state index contributed by atoms with van der Waals surface area (Å²) in [5.41, 5.74) is 3.65. The van der Waals surface area contributed by atoms with Crippen LogP contribution < -0.4 is 0 Å². The molecular formula is C27H29N3O3. The molecular weight excluding hydrogens is 414 g/mol. The number of phenols is 1. The highest BCUT2D eigenvalue weighted by Gasteiger charge is 2.32. The molecule has 33 heavy (non-hydrogen) atoms. The summed E-state index contributed by atoms with van der Waals surface area (Å²) in [5.74, 6) is -0.236. The summed E-state index contributed by atoms with van der Waals surface area (Å²) in [5, 5.41) is 9.57. The minimum Gasteiger partial charge on any atom is -0.508 e. The van der Waals surface area contributed by atoms with Crippen LogP contribution in [0.25, 0.3) is 11.1 Å². The topological polar surface area (TPSA) is 73.7 Å². The summed E-state index contributed by atoms with van der Waals surface area (Å²) >= 11 is 0. The Kier molecular flexibility index (Phi) is 7.03. The van der Waals surface area contributed by atoms with Crippen LogP contribution in [0.5, 0.6) is 5.75 Å². The van der Waals surface area contributed by atoms with Crippen LogP contribution in [0.15, 0.2) is 73.1 Å². The second-order valence-corrected chi connectivity index (χ2v) is 8.42. The molecule has 1 aliphatic heterocycles. The van der Waals surface area contributed by atoms with E-state index in [0.717, 1.165) is 23.1 Å². The van der Waals surface area contributed by atoms with Gasteiger partial charge in [-0.15, -0.1) is 0 Å². The fourth-order valence-electron chi connectivity index (χ4n) is 4.43. The highest BCUT2D eigenvalue weighted by molar-refractivity contribution is 5.95. The van der Waals surface area contributed by atoms with Gasteiger partial charge in [-0.3, -0.25) is 14.6 Å². The molecule has 3 aromatic rings. The van der Waals surface area contributed by atoms with E-state index in [2.05, 4.69) is 24.0 Å². The summed E-state index contributed by atoms with van der Waals surface area (Å²) in [4.78, 5) is 34.6. The molecule has 170 valence electrons. The first-order valence-corrected chi connectivity index (χ1v) is 11.4. The molecule has 0 radical (unpaired) electrons. The summed E-state index contributed by atoms with van der Waals surface area (Å²) in [6, 6.07) is 18.3. The fourth-order valence-corrected chi connectivity index (χ4v) is 4.43. The van der Waals surface area contributed by atoms with E-state index in [1.54, 1.807) is 23.2 Å². The monoisotopic (exact) mass is 443 g/mol. The molecule has 1 aliphatic rings. The summed E-state index contributed by atoms with van der Waals surface area (Å²) in [6.45, 7) is 4.12. The van der Waals surface area contributed by atoms with Gasteiger partial charge in [-0.05, 0) is 54.3 Å². The van der Waals surface area contributed by atoms with Gasteiger partial charge in [0.1, 0.15) is 5.75 Å². The standard InChI is InChI=1S/C27H29N3O3/c1-2-14-29-15-16-30(26(32)20-9-11-24(31)12-10-20)19-23(27(29)33)17-21-6-3-4-8-25(21)22-7-5-13-28-18-22/h3-13,18,23,31H,2,14-17,19H2,1H3. The highest BCUT2D eigenvalue weighted by atomic mass is 16.3. The lowest BCUT2D eigenvalue weighted by Gasteiger charge is -2.25. The Morgan fingerprint density at radius 1 is 1.06 bits per heavy atom. The van der Waals surface area contributed by atoms with Gasteiger partial charge >= 0.3 is 0 Å². The fraction of sp³-hybridized carbons (Fsp3) is 0.296. The van der Waals surface area contributed by atoms with E-state index in [1.165, 1.54) is 12.1 Å². The SMILES string of the molecule is CCCN1CCN(C(=O)c2ccc(O)cc2)CC(Cc2ccccc2-c2cccnc2)C1=O. The molecule has 2 amide bonds. The molecule has 6 heteroatoms. The van der Waals surface area contributed by atoms with Gasteiger partial charge in [-0.2, -0.15) is 0 Å². The molecule has 6 nitrogen and oxygen atoms in total. The van der Waals surface area contributed by atoms with Crippen LogP contribution in [0.3, 0.4) is 0 Å². The number of benzene rings is 2. The van der Waals surface area contributed by atoms with Crippen LogP contribution >= 0.6 is 0 Å². The zero-order chi connectivity index (χ0) is 23.2. The molecule has 1 fully saturated rings. The largest absolute Gasteiger partial charge is 0.508 e. The number of aromatic nitrogens is 1. The van der Waals surface area contributed by atoms with Crippen molar-refractivity contribution in [2.45, 2.75) is 19.8 Å². The average molecular weight is 444 g/mol. The van der Waals surface area contributed by atoms with Crippen molar-refractivity contribution in [3.05, 3.63) is 84.2 Å². The van der Waals surface area contributed by atoms with E-state index in [0.29, 0.717) is 38.2 Å². The van der Waals surface area contributed by atoms with Gasteiger partial charge in [-0.1, -0.05) is 37.3 Å². The Morgan fingerprint density at radius 2 is 1.85 bits per heavy atom. The number of carbonyl (C=O) groups is 2. The molecule has 1 aromatic heterocycles. The van der Waals surface area contributed by atoms with Crippen molar-refractivity contribution in [2.75, 3.05) is 26.2 Å². The predicted molar refractivity (Wildman–Crippen MR) is 128 cm³/mol. The third-order valence-corrected chi connectivity index (χ3v) is 6.09. The number of nitrogens with zero attached hydrogens (tertiary/aromatic N) is 3. The van der Waals surface area contributed by atoms with E-state index < -0.39 is 0 Å². The Bertz CT molecular complexity index is 1100. The smallest absolute Gasteiger partial charge is 0.253 e. The molecule has 0 saturated carbocycles. The van der Waals surface area contributed by atoms with Crippen LogP contribution in [0, 0.1) is 5.92 Å². The normalized spacial score (nSPS) is 16.5. The average Bonchev–Trinajstić information content (AvgIpc) is 2.99. The summed E-state index contributed by atoms with van der Waals surface area (Å²) in [6.07, 6.45) is 4.99. The second kappa shape index (κ2) is 10.3. The Morgan fingerprint density at radius 3 is 2.58 bits per heavy atom. The highest BCUT2D eigenvalue weighted by Crippen LogP contribution is 2.27. The number of hydrogen-bond acceptors (Lipinski definition) is 4. The summed E-state index contributed by atoms with van der Waals surface area (Å²) < 4.78 is 0. The van der Waals surface area contributed by atoms with Crippen LogP contribution in [0.4, 0.5) is 0 Å². The van der Waals surface area contributed by atoms with Crippen LogP contribution in [0.2, 0.25) is 0 Å². The van der Waals surface area contributed by atoms with Gasteiger partial charge in [0.15, 0.2) is 0 Å². The van der Waals surface area contributed by atoms with Crippen molar-refractivity contribution in [3.63, 3.8) is 0 Å². The van der Waals surface area contributed by atoms with Crippen molar-refractivity contribution in [3.8, 4) is 16.9 Å². The third kappa shape index (κ3) is 5.22. The Balaban J connectivity index is 1.63. The first kappa shape index (κ1) is 22.5. The number of rotatable bonds is 6. The zero-order valence-corrected chi connectivity index (χ0v) is 18.9.